The molecule has 2 heterocycles. The predicted octanol–water partition coefficient (Wildman–Crippen LogP) is 5.25. The molecule has 0 unspecified atom stereocenters. The third-order valence-corrected chi connectivity index (χ3v) is 5.91. The number of hydrogen-bond donors (Lipinski definition) is 1. The fourth-order valence-electron chi connectivity index (χ4n) is 4.26. The molecular weight excluding hydrogens is 368 g/mol. The van der Waals surface area contributed by atoms with Crippen LogP contribution in [0.15, 0.2) is 49.2 Å². The molecule has 0 aliphatic rings. The number of benzene rings is 1. The number of pyridine rings is 1. The first-order chi connectivity index (χ1) is 14.6. The van der Waals surface area contributed by atoms with Gasteiger partial charge in [0.1, 0.15) is 0 Å². The van der Waals surface area contributed by atoms with Crippen LogP contribution in [0.5, 0.6) is 0 Å². The van der Waals surface area contributed by atoms with E-state index in [1.165, 1.54) is 48.1 Å². The Labute approximate surface area is 181 Å². The third kappa shape index (κ3) is 4.93. The molecule has 0 saturated carbocycles. The van der Waals surface area contributed by atoms with Gasteiger partial charge >= 0.3 is 0 Å². The standard InChI is InChI=1S/C26H36N4/c1-6-14-29(15-7-2)16-17-30-21(4)25(24-10-8-9-11-26(24)30)18-23-13-12-22(19-28-23)20(3)27-5/h8-13,19,27H,3,6-7,14-18H2,1-2,4-5H3. The lowest BCUT2D eigenvalue weighted by molar-refractivity contribution is 0.264. The summed E-state index contributed by atoms with van der Waals surface area (Å²) < 4.78 is 2.50. The van der Waals surface area contributed by atoms with Gasteiger partial charge in [-0.3, -0.25) is 4.98 Å². The van der Waals surface area contributed by atoms with Crippen molar-refractivity contribution in [3.8, 4) is 0 Å². The minimum absolute atomic E-state index is 0.847. The maximum absolute atomic E-state index is 4.70. The van der Waals surface area contributed by atoms with Gasteiger partial charge in [0.05, 0.1) is 0 Å². The van der Waals surface area contributed by atoms with Gasteiger partial charge < -0.3 is 14.8 Å². The molecule has 0 aliphatic heterocycles. The van der Waals surface area contributed by atoms with E-state index >= 15 is 0 Å². The molecule has 0 amide bonds. The summed E-state index contributed by atoms with van der Waals surface area (Å²) in [6, 6.07) is 13.0. The molecule has 0 aliphatic carbocycles. The Kier molecular flexibility index (Phi) is 7.69. The summed E-state index contributed by atoms with van der Waals surface area (Å²) in [5.41, 5.74) is 7.09. The van der Waals surface area contributed by atoms with Gasteiger partial charge in [-0.25, -0.2) is 0 Å². The van der Waals surface area contributed by atoms with Gasteiger partial charge in [0.2, 0.25) is 0 Å². The minimum atomic E-state index is 0.847. The van der Waals surface area contributed by atoms with Gasteiger partial charge in [-0.05, 0) is 56.6 Å². The monoisotopic (exact) mass is 404 g/mol. The molecule has 2 aromatic heterocycles. The van der Waals surface area contributed by atoms with Crippen LogP contribution < -0.4 is 5.32 Å². The molecule has 3 rings (SSSR count). The second kappa shape index (κ2) is 10.4. The second-order valence-corrected chi connectivity index (χ2v) is 8.02. The number of aromatic nitrogens is 2. The molecule has 0 fully saturated rings. The molecule has 3 aromatic rings. The molecular formula is C26H36N4. The maximum Gasteiger partial charge on any atom is 0.0485 e. The fraction of sp³-hybridized carbons (Fsp3) is 0.423. The van der Waals surface area contributed by atoms with Gasteiger partial charge in [-0.1, -0.05) is 38.6 Å². The Morgan fingerprint density at radius 1 is 1.07 bits per heavy atom. The van der Waals surface area contributed by atoms with Crippen molar-refractivity contribution in [1.82, 2.24) is 19.8 Å². The Morgan fingerprint density at radius 3 is 2.43 bits per heavy atom. The van der Waals surface area contributed by atoms with Crippen LogP contribution in [-0.4, -0.2) is 41.1 Å². The zero-order valence-corrected chi connectivity index (χ0v) is 19.0. The summed E-state index contributed by atoms with van der Waals surface area (Å²) in [6.45, 7) is 15.3. The van der Waals surface area contributed by atoms with Crippen molar-refractivity contribution in [2.45, 2.75) is 46.6 Å². The fourth-order valence-corrected chi connectivity index (χ4v) is 4.26. The quantitative estimate of drug-likeness (QED) is 0.474. The molecule has 1 aromatic carbocycles. The van der Waals surface area contributed by atoms with Crippen molar-refractivity contribution in [2.24, 2.45) is 0 Å². The van der Waals surface area contributed by atoms with E-state index in [0.717, 1.165) is 36.5 Å². The number of hydrogen-bond acceptors (Lipinski definition) is 3. The van der Waals surface area contributed by atoms with E-state index in [1.54, 1.807) is 0 Å². The number of para-hydroxylation sites is 1. The van der Waals surface area contributed by atoms with Crippen molar-refractivity contribution < 1.29 is 0 Å². The van der Waals surface area contributed by atoms with E-state index in [4.69, 9.17) is 4.98 Å². The van der Waals surface area contributed by atoms with Crippen LogP contribution in [-0.2, 0) is 13.0 Å². The Morgan fingerprint density at radius 2 is 1.80 bits per heavy atom. The van der Waals surface area contributed by atoms with Crippen LogP contribution >= 0.6 is 0 Å². The van der Waals surface area contributed by atoms with Gasteiger partial charge in [0.15, 0.2) is 0 Å². The zero-order valence-electron chi connectivity index (χ0n) is 19.0. The molecule has 0 radical (unpaired) electrons. The highest BCUT2D eigenvalue weighted by atomic mass is 15.1. The molecule has 0 saturated heterocycles. The first kappa shape index (κ1) is 22.1. The van der Waals surface area contributed by atoms with E-state index in [-0.39, 0.29) is 0 Å². The number of fused-ring (bicyclic) bond motifs is 1. The highest BCUT2D eigenvalue weighted by molar-refractivity contribution is 5.85. The van der Waals surface area contributed by atoms with Crippen molar-refractivity contribution in [3.05, 3.63) is 71.7 Å². The lowest BCUT2D eigenvalue weighted by Crippen LogP contribution is -2.29. The number of rotatable bonds is 11. The van der Waals surface area contributed by atoms with E-state index in [1.807, 2.05) is 13.2 Å². The van der Waals surface area contributed by atoms with Crippen LogP contribution in [0.3, 0.4) is 0 Å². The summed E-state index contributed by atoms with van der Waals surface area (Å²) in [6.07, 6.45) is 5.17. The first-order valence-electron chi connectivity index (χ1n) is 11.2. The second-order valence-electron chi connectivity index (χ2n) is 8.02. The van der Waals surface area contributed by atoms with Crippen LogP contribution in [0, 0.1) is 6.92 Å². The van der Waals surface area contributed by atoms with E-state index < -0.39 is 0 Å². The van der Waals surface area contributed by atoms with Crippen molar-refractivity contribution >= 4 is 16.6 Å². The SMILES string of the molecule is C=C(NC)c1ccc(Cc2c(C)n(CCN(CCC)CCC)c3ccccc23)nc1. The average Bonchev–Trinajstić information content (AvgIpc) is 3.03. The topological polar surface area (TPSA) is 33.1 Å². The highest BCUT2D eigenvalue weighted by Gasteiger charge is 2.15. The molecule has 30 heavy (non-hydrogen) atoms. The molecule has 160 valence electrons. The van der Waals surface area contributed by atoms with Gasteiger partial charge in [-0.15, -0.1) is 0 Å². The Hall–Kier alpha value is -2.59. The highest BCUT2D eigenvalue weighted by Crippen LogP contribution is 2.28. The minimum Gasteiger partial charge on any atom is -0.388 e. The first-order valence-corrected chi connectivity index (χ1v) is 11.2. The summed E-state index contributed by atoms with van der Waals surface area (Å²) in [7, 11) is 1.89. The molecule has 0 bridgehead atoms. The van der Waals surface area contributed by atoms with E-state index in [0.29, 0.717) is 0 Å². The average molecular weight is 405 g/mol. The van der Waals surface area contributed by atoms with Crippen molar-refractivity contribution in [1.29, 1.82) is 0 Å². The predicted molar refractivity (Wildman–Crippen MR) is 129 cm³/mol. The smallest absolute Gasteiger partial charge is 0.0485 e. The van der Waals surface area contributed by atoms with Crippen LogP contribution in [0.25, 0.3) is 16.6 Å². The molecule has 1 N–H and O–H groups in total. The summed E-state index contributed by atoms with van der Waals surface area (Å²) in [4.78, 5) is 7.29. The molecule has 0 spiro atoms. The lowest BCUT2D eigenvalue weighted by Gasteiger charge is -2.22. The summed E-state index contributed by atoms with van der Waals surface area (Å²) in [5.74, 6) is 0. The zero-order chi connectivity index (χ0) is 21.5. The molecule has 4 heteroatoms. The summed E-state index contributed by atoms with van der Waals surface area (Å²) in [5, 5.41) is 4.43. The van der Waals surface area contributed by atoms with Crippen LogP contribution in [0.4, 0.5) is 0 Å². The number of nitrogens with zero attached hydrogens (tertiary/aromatic N) is 3. The van der Waals surface area contributed by atoms with E-state index in [2.05, 4.69) is 78.5 Å². The van der Waals surface area contributed by atoms with Crippen molar-refractivity contribution in [3.63, 3.8) is 0 Å². The maximum atomic E-state index is 4.70. The Bertz CT molecular complexity index is 963. The van der Waals surface area contributed by atoms with Gasteiger partial charge in [0, 0.05) is 66.3 Å². The van der Waals surface area contributed by atoms with Crippen LogP contribution in [0.1, 0.15) is 49.2 Å². The number of nitrogens with one attached hydrogen (secondary N) is 1. The normalized spacial score (nSPS) is 11.4. The largest absolute Gasteiger partial charge is 0.388 e. The summed E-state index contributed by atoms with van der Waals surface area (Å²) >= 11 is 0. The lowest BCUT2D eigenvalue weighted by atomic mass is 10.0. The van der Waals surface area contributed by atoms with Gasteiger partial charge in [0.25, 0.3) is 0 Å². The Balaban J connectivity index is 1.87. The third-order valence-electron chi connectivity index (χ3n) is 5.91. The van der Waals surface area contributed by atoms with Gasteiger partial charge in [-0.2, -0.15) is 0 Å². The van der Waals surface area contributed by atoms with Crippen LogP contribution in [0.2, 0.25) is 0 Å². The molecule has 4 nitrogen and oxygen atoms in total. The van der Waals surface area contributed by atoms with Crippen molar-refractivity contribution in [2.75, 3.05) is 26.7 Å². The van der Waals surface area contributed by atoms with E-state index in [9.17, 15) is 0 Å². The molecule has 0 atom stereocenters.